The minimum Gasteiger partial charge on any atom is -0.370 e. The Kier molecular flexibility index (Phi) is 6.25. The van der Waals surface area contributed by atoms with Crippen LogP contribution in [0.4, 0.5) is 5.69 Å². The summed E-state index contributed by atoms with van der Waals surface area (Å²) in [5.41, 5.74) is 2.53. The van der Waals surface area contributed by atoms with Gasteiger partial charge in [0.25, 0.3) is 5.91 Å². The molecule has 1 aromatic carbocycles. The van der Waals surface area contributed by atoms with Gasteiger partial charge in [0.05, 0.1) is 5.02 Å². The molecule has 6 heteroatoms. The Labute approximate surface area is 146 Å². The fraction of sp³-hybridized carbons (Fsp3) is 0.294. The normalized spacial score (nSPS) is 10.4. The van der Waals surface area contributed by atoms with E-state index in [1.54, 1.807) is 12.1 Å². The molecule has 1 heterocycles. The Morgan fingerprint density at radius 1 is 1.22 bits per heavy atom. The largest absolute Gasteiger partial charge is 0.370 e. The number of carbonyl (C=O) groups is 1. The molecular weight excluding hydrogens is 333 g/mol. The number of aromatic nitrogens is 1. The molecule has 0 unspecified atom stereocenters. The van der Waals surface area contributed by atoms with E-state index in [1.807, 2.05) is 12.1 Å². The summed E-state index contributed by atoms with van der Waals surface area (Å²) in [6.45, 7) is 6.21. The van der Waals surface area contributed by atoms with E-state index in [-0.39, 0.29) is 21.8 Å². The van der Waals surface area contributed by atoms with Crippen LogP contribution in [-0.2, 0) is 0 Å². The summed E-state index contributed by atoms with van der Waals surface area (Å²) in [4.78, 5) is 18.3. The summed E-state index contributed by atoms with van der Waals surface area (Å²) in [5, 5.41) is 3.37. The molecule has 0 saturated heterocycles. The van der Waals surface area contributed by atoms with Gasteiger partial charge in [-0.15, -0.1) is 0 Å². The zero-order valence-electron chi connectivity index (χ0n) is 13.1. The monoisotopic (exact) mass is 351 g/mol. The number of para-hydroxylation sites is 1. The summed E-state index contributed by atoms with van der Waals surface area (Å²) in [6, 6.07) is 11.3. The maximum Gasteiger partial charge on any atom is 0.271 e. The molecule has 0 spiro atoms. The van der Waals surface area contributed by atoms with Crippen molar-refractivity contribution in [3.05, 3.63) is 57.8 Å². The molecule has 0 radical (unpaired) electrons. The number of nitrogens with one attached hydrogen (secondary N) is 1. The molecule has 0 bridgehead atoms. The van der Waals surface area contributed by atoms with Gasteiger partial charge in [0, 0.05) is 25.3 Å². The van der Waals surface area contributed by atoms with Gasteiger partial charge >= 0.3 is 0 Å². The van der Waals surface area contributed by atoms with Crippen LogP contribution in [0.1, 0.15) is 23.0 Å². The van der Waals surface area contributed by atoms with Crippen molar-refractivity contribution in [3.63, 3.8) is 0 Å². The van der Waals surface area contributed by atoms with Gasteiger partial charge in [0.2, 0.25) is 0 Å². The van der Waals surface area contributed by atoms with Crippen molar-refractivity contribution < 1.29 is 4.79 Å². The van der Waals surface area contributed by atoms with Crippen molar-refractivity contribution in [2.75, 3.05) is 24.5 Å². The van der Waals surface area contributed by atoms with Crippen LogP contribution in [-0.4, -0.2) is 30.5 Å². The number of anilines is 1. The number of benzene rings is 1. The molecule has 23 heavy (non-hydrogen) atoms. The van der Waals surface area contributed by atoms with Crippen molar-refractivity contribution in [2.24, 2.45) is 0 Å². The van der Waals surface area contributed by atoms with Gasteiger partial charge in [0.15, 0.2) is 0 Å². The third kappa shape index (κ3) is 4.60. The minimum atomic E-state index is -0.321. The number of amides is 1. The third-order valence-electron chi connectivity index (χ3n) is 3.53. The van der Waals surface area contributed by atoms with Gasteiger partial charge in [-0.05, 0) is 37.6 Å². The van der Waals surface area contributed by atoms with E-state index in [0.29, 0.717) is 13.1 Å². The van der Waals surface area contributed by atoms with E-state index < -0.39 is 0 Å². The molecule has 0 saturated carbocycles. The van der Waals surface area contributed by atoms with E-state index in [4.69, 9.17) is 23.2 Å². The molecule has 1 aromatic heterocycles. The van der Waals surface area contributed by atoms with Crippen molar-refractivity contribution in [2.45, 2.75) is 13.8 Å². The molecule has 2 rings (SSSR count). The van der Waals surface area contributed by atoms with Gasteiger partial charge in [0.1, 0.15) is 10.8 Å². The molecular formula is C17H19Cl2N3O. The zero-order chi connectivity index (χ0) is 16.8. The molecule has 1 N–H and O–H groups in total. The summed E-state index contributed by atoms with van der Waals surface area (Å²) in [7, 11) is 0. The fourth-order valence-corrected chi connectivity index (χ4v) is 2.67. The Balaban J connectivity index is 1.97. The molecule has 0 aliphatic carbocycles. The van der Waals surface area contributed by atoms with Crippen molar-refractivity contribution in [1.29, 1.82) is 0 Å². The van der Waals surface area contributed by atoms with Gasteiger partial charge in [-0.1, -0.05) is 41.4 Å². The molecule has 4 nitrogen and oxygen atoms in total. The zero-order valence-corrected chi connectivity index (χ0v) is 14.7. The van der Waals surface area contributed by atoms with Crippen LogP contribution < -0.4 is 10.2 Å². The quantitative estimate of drug-likeness (QED) is 0.801. The third-order valence-corrected chi connectivity index (χ3v) is 4.05. The summed E-state index contributed by atoms with van der Waals surface area (Å²) in [5.74, 6) is -0.321. The van der Waals surface area contributed by atoms with E-state index >= 15 is 0 Å². The van der Waals surface area contributed by atoms with E-state index in [2.05, 4.69) is 41.2 Å². The van der Waals surface area contributed by atoms with Gasteiger partial charge in [-0.25, -0.2) is 4.98 Å². The number of carbonyl (C=O) groups excluding carboxylic acids is 1. The van der Waals surface area contributed by atoms with Crippen LogP contribution in [0.25, 0.3) is 0 Å². The number of rotatable bonds is 6. The smallest absolute Gasteiger partial charge is 0.271 e. The molecule has 0 aliphatic heterocycles. The Bertz CT molecular complexity index is 691. The number of halogens is 2. The van der Waals surface area contributed by atoms with Crippen molar-refractivity contribution in [3.8, 4) is 0 Å². The number of hydrogen-bond acceptors (Lipinski definition) is 3. The Morgan fingerprint density at radius 2 is 1.96 bits per heavy atom. The number of pyridine rings is 1. The predicted molar refractivity (Wildman–Crippen MR) is 95.7 cm³/mol. The average Bonchev–Trinajstić information content (AvgIpc) is 2.54. The Hall–Kier alpha value is -1.78. The van der Waals surface area contributed by atoms with Crippen LogP contribution in [0.2, 0.25) is 10.2 Å². The SMILES string of the molecule is CCN(CCNC(=O)c1nc(Cl)ccc1Cl)c1ccccc1C. The molecule has 1 amide bonds. The maximum atomic E-state index is 12.2. The lowest BCUT2D eigenvalue weighted by Gasteiger charge is -2.25. The Morgan fingerprint density at radius 3 is 2.65 bits per heavy atom. The molecule has 0 aliphatic rings. The van der Waals surface area contributed by atoms with E-state index in [9.17, 15) is 4.79 Å². The highest BCUT2D eigenvalue weighted by Gasteiger charge is 2.13. The van der Waals surface area contributed by atoms with Crippen LogP contribution in [0.3, 0.4) is 0 Å². The topological polar surface area (TPSA) is 45.2 Å². The standard InChI is InChI=1S/C17H19Cl2N3O/c1-3-22(14-7-5-4-6-12(14)2)11-10-20-17(23)16-13(18)8-9-15(19)21-16/h4-9H,3,10-11H2,1-2H3,(H,20,23). The lowest BCUT2D eigenvalue weighted by atomic mass is 10.2. The van der Waals surface area contributed by atoms with Crippen LogP contribution in [0.15, 0.2) is 36.4 Å². The summed E-state index contributed by atoms with van der Waals surface area (Å²) >= 11 is 11.8. The van der Waals surface area contributed by atoms with Crippen LogP contribution in [0.5, 0.6) is 0 Å². The predicted octanol–water partition coefficient (Wildman–Crippen LogP) is 3.95. The fourth-order valence-electron chi connectivity index (χ4n) is 2.33. The first-order chi connectivity index (χ1) is 11.0. The van der Waals surface area contributed by atoms with E-state index in [0.717, 1.165) is 6.54 Å². The number of likely N-dealkylation sites (N-methyl/N-ethyl adjacent to an activating group) is 1. The number of nitrogens with zero attached hydrogens (tertiary/aromatic N) is 2. The first-order valence-electron chi connectivity index (χ1n) is 7.43. The summed E-state index contributed by atoms with van der Waals surface area (Å²) in [6.07, 6.45) is 0. The second-order valence-corrected chi connectivity index (χ2v) is 5.88. The van der Waals surface area contributed by atoms with Gasteiger partial charge < -0.3 is 10.2 Å². The highest BCUT2D eigenvalue weighted by atomic mass is 35.5. The minimum absolute atomic E-state index is 0.151. The lowest BCUT2D eigenvalue weighted by Crippen LogP contribution is -2.35. The van der Waals surface area contributed by atoms with Gasteiger partial charge in [-0.3, -0.25) is 4.79 Å². The highest BCUT2D eigenvalue weighted by Crippen LogP contribution is 2.19. The van der Waals surface area contributed by atoms with Crippen molar-refractivity contribution in [1.82, 2.24) is 10.3 Å². The van der Waals surface area contributed by atoms with E-state index in [1.165, 1.54) is 11.3 Å². The number of aryl methyl sites for hydroxylation is 1. The highest BCUT2D eigenvalue weighted by molar-refractivity contribution is 6.34. The first kappa shape index (κ1) is 17.6. The first-order valence-corrected chi connectivity index (χ1v) is 8.19. The second kappa shape index (κ2) is 8.18. The van der Waals surface area contributed by atoms with Crippen LogP contribution >= 0.6 is 23.2 Å². The molecule has 0 fully saturated rings. The van der Waals surface area contributed by atoms with Crippen LogP contribution in [0, 0.1) is 6.92 Å². The summed E-state index contributed by atoms with van der Waals surface area (Å²) < 4.78 is 0. The molecule has 122 valence electrons. The average molecular weight is 352 g/mol. The lowest BCUT2D eigenvalue weighted by molar-refractivity contribution is 0.0950. The molecule has 0 atom stereocenters. The van der Waals surface area contributed by atoms with Crippen molar-refractivity contribution >= 4 is 34.8 Å². The number of hydrogen-bond donors (Lipinski definition) is 1. The van der Waals surface area contributed by atoms with Gasteiger partial charge in [-0.2, -0.15) is 0 Å². The molecule has 2 aromatic rings. The maximum absolute atomic E-state index is 12.2. The second-order valence-electron chi connectivity index (χ2n) is 5.09.